The molecule has 0 aromatic carbocycles. The van der Waals surface area contributed by atoms with Crippen LogP contribution in [0.3, 0.4) is 0 Å². The van der Waals surface area contributed by atoms with Crippen molar-refractivity contribution in [2.24, 2.45) is 18.9 Å². The van der Waals surface area contributed by atoms with E-state index in [1.165, 1.54) is 0 Å². The van der Waals surface area contributed by atoms with Crippen molar-refractivity contribution in [3.8, 4) is 0 Å². The standard InChI is InChI=1S/C14H21N3O3/c1-3-11-12(8-17(2)16-11)15-13(18)9-6-4-5-7-10(9)14(19)20/h8-10H,3-7H2,1-2H3,(H,15,18)(H,19,20)/t9-,10+/m1/s1. The van der Waals surface area contributed by atoms with Gasteiger partial charge in [0.25, 0.3) is 0 Å². The van der Waals surface area contributed by atoms with Gasteiger partial charge in [-0.3, -0.25) is 14.3 Å². The molecule has 1 aromatic rings. The van der Waals surface area contributed by atoms with Crippen LogP contribution >= 0.6 is 0 Å². The first-order chi connectivity index (χ1) is 9.52. The number of aryl methyl sites for hydroxylation is 2. The largest absolute Gasteiger partial charge is 0.481 e. The Labute approximate surface area is 118 Å². The van der Waals surface area contributed by atoms with Crippen LogP contribution in [0.4, 0.5) is 5.69 Å². The van der Waals surface area contributed by atoms with Gasteiger partial charge < -0.3 is 10.4 Å². The van der Waals surface area contributed by atoms with Crippen molar-refractivity contribution in [2.45, 2.75) is 39.0 Å². The fourth-order valence-electron chi connectivity index (χ4n) is 2.87. The third-order valence-electron chi connectivity index (χ3n) is 3.92. The fourth-order valence-corrected chi connectivity index (χ4v) is 2.87. The van der Waals surface area contributed by atoms with Crippen LogP contribution in [0.2, 0.25) is 0 Å². The molecule has 1 heterocycles. The number of carboxylic acid groups (broad SMARTS) is 1. The highest BCUT2D eigenvalue weighted by molar-refractivity contribution is 5.95. The number of aromatic nitrogens is 2. The van der Waals surface area contributed by atoms with Crippen molar-refractivity contribution in [2.75, 3.05) is 5.32 Å². The van der Waals surface area contributed by atoms with Crippen molar-refractivity contribution >= 4 is 17.6 Å². The maximum absolute atomic E-state index is 12.3. The monoisotopic (exact) mass is 279 g/mol. The van der Waals surface area contributed by atoms with E-state index in [9.17, 15) is 14.7 Å². The van der Waals surface area contributed by atoms with Crippen LogP contribution in [-0.4, -0.2) is 26.8 Å². The lowest BCUT2D eigenvalue weighted by molar-refractivity contribution is -0.147. The van der Waals surface area contributed by atoms with Crippen molar-refractivity contribution in [1.29, 1.82) is 0 Å². The van der Waals surface area contributed by atoms with Crippen molar-refractivity contribution in [3.05, 3.63) is 11.9 Å². The highest BCUT2D eigenvalue weighted by Crippen LogP contribution is 2.31. The van der Waals surface area contributed by atoms with Crippen LogP contribution in [0.25, 0.3) is 0 Å². The number of rotatable bonds is 4. The summed E-state index contributed by atoms with van der Waals surface area (Å²) in [5, 5.41) is 16.4. The molecule has 1 aromatic heterocycles. The van der Waals surface area contributed by atoms with E-state index >= 15 is 0 Å². The quantitative estimate of drug-likeness (QED) is 0.880. The molecule has 1 amide bonds. The summed E-state index contributed by atoms with van der Waals surface area (Å²) in [4.78, 5) is 23.6. The second-order valence-corrected chi connectivity index (χ2v) is 5.34. The molecule has 6 nitrogen and oxygen atoms in total. The topological polar surface area (TPSA) is 84.2 Å². The number of carbonyl (C=O) groups excluding carboxylic acids is 1. The summed E-state index contributed by atoms with van der Waals surface area (Å²) in [5.74, 6) is -2.07. The first-order valence-corrected chi connectivity index (χ1v) is 7.09. The molecule has 1 aliphatic carbocycles. The number of hydrogen-bond acceptors (Lipinski definition) is 3. The number of aliphatic carboxylic acids is 1. The second kappa shape index (κ2) is 6.07. The van der Waals surface area contributed by atoms with E-state index in [-0.39, 0.29) is 5.91 Å². The molecule has 1 saturated carbocycles. The van der Waals surface area contributed by atoms with Crippen LogP contribution in [0.5, 0.6) is 0 Å². The highest BCUT2D eigenvalue weighted by atomic mass is 16.4. The van der Waals surface area contributed by atoms with Crippen LogP contribution < -0.4 is 5.32 Å². The number of hydrogen-bond donors (Lipinski definition) is 2. The Morgan fingerprint density at radius 3 is 2.65 bits per heavy atom. The van der Waals surface area contributed by atoms with Crippen LogP contribution in [0.1, 0.15) is 38.3 Å². The van der Waals surface area contributed by atoms with Gasteiger partial charge in [0.15, 0.2) is 0 Å². The summed E-state index contributed by atoms with van der Waals surface area (Å²) >= 11 is 0. The first kappa shape index (κ1) is 14.6. The van der Waals surface area contributed by atoms with E-state index in [2.05, 4.69) is 10.4 Å². The average Bonchev–Trinajstić information content (AvgIpc) is 2.78. The molecule has 2 atom stereocenters. The van der Waals surface area contributed by atoms with Crippen molar-refractivity contribution in [3.63, 3.8) is 0 Å². The number of anilines is 1. The molecule has 0 saturated heterocycles. The lowest BCUT2D eigenvalue weighted by Gasteiger charge is -2.27. The normalized spacial score (nSPS) is 22.5. The van der Waals surface area contributed by atoms with Gasteiger partial charge >= 0.3 is 5.97 Å². The van der Waals surface area contributed by atoms with Gasteiger partial charge in [0, 0.05) is 13.2 Å². The fraction of sp³-hybridized carbons (Fsp3) is 0.643. The molecule has 20 heavy (non-hydrogen) atoms. The van der Waals surface area contributed by atoms with E-state index in [1.807, 2.05) is 6.92 Å². The molecule has 2 N–H and O–H groups in total. The Kier molecular flexibility index (Phi) is 4.42. The zero-order chi connectivity index (χ0) is 14.7. The predicted molar refractivity (Wildman–Crippen MR) is 74.3 cm³/mol. The first-order valence-electron chi connectivity index (χ1n) is 7.09. The van der Waals surface area contributed by atoms with E-state index in [1.54, 1.807) is 17.9 Å². The molecular weight excluding hydrogens is 258 g/mol. The van der Waals surface area contributed by atoms with Crippen molar-refractivity contribution < 1.29 is 14.7 Å². The van der Waals surface area contributed by atoms with Gasteiger partial charge in [0.2, 0.25) is 5.91 Å². The Balaban J connectivity index is 2.11. The van der Waals surface area contributed by atoms with Crippen LogP contribution in [0.15, 0.2) is 6.20 Å². The third-order valence-corrected chi connectivity index (χ3v) is 3.92. The van der Waals surface area contributed by atoms with Crippen molar-refractivity contribution in [1.82, 2.24) is 9.78 Å². The second-order valence-electron chi connectivity index (χ2n) is 5.34. The van der Waals surface area contributed by atoms with Gasteiger partial charge in [-0.25, -0.2) is 0 Å². The zero-order valence-electron chi connectivity index (χ0n) is 11.9. The summed E-state index contributed by atoms with van der Waals surface area (Å²) in [6, 6.07) is 0. The molecule has 6 heteroatoms. The Morgan fingerprint density at radius 1 is 1.40 bits per heavy atom. The summed E-state index contributed by atoms with van der Waals surface area (Å²) in [6.45, 7) is 1.97. The minimum atomic E-state index is -0.869. The van der Waals surface area contributed by atoms with Gasteiger partial charge in [-0.15, -0.1) is 0 Å². The van der Waals surface area contributed by atoms with E-state index < -0.39 is 17.8 Å². The summed E-state index contributed by atoms with van der Waals surface area (Å²) < 4.78 is 1.66. The number of amides is 1. The lowest BCUT2D eigenvalue weighted by atomic mass is 9.78. The molecule has 0 spiro atoms. The molecule has 0 aliphatic heterocycles. The number of carboxylic acids is 1. The van der Waals surface area contributed by atoms with Crippen LogP contribution in [-0.2, 0) is 23.1 Å². The molecule has 0 bridgehead atoms. The van der Waals surface area contributed by atoms with Gasteiger partial charge in [-0.05, 0) is 19.3 Å². The summed E-state index contributed by atoms with van der Waals surface area (Å²) in [6.07, 6.45) is 5.51. The minimum absolute atomic E-state index is 0.195. The molecule has 0 radical (unpaired) electrons. The highest BCUT2D eigenvalue weighted by Gasteiger charge is 2.35. The van der Waals surface area contributed by atoms with Gasteiger partial charge in [0.1, 0.15) is 0 Å². The van der Waals surface area contributed by atoms with E-state index in [4.69, 9.17) is 0 Å². The molecule has 2 rings (SSSR count). The molecule has 1 aliphatic rings. The van der Waals surface area contributed by atoms with Gasteiger partial charge in [0.05, 0.1) is 23.2 Å². The lowest BCUT2D eigenvalue weighted by Crippen LogP contribution is -2.36. The zero-order valence-corrected chi connectivity index (χ0v) is 11.9. The SMILES string of the molecule is CCc1nn(C)cc1NC(=O)[C@@H]1CCCC[C@@H]1C(=O)O. The smallest absolute Gasteiger partial charge is 0.307 e. The summed E-state index contributed by atoms with van der Waals surface area (Å²) in [7, 11) is 1.80. The Morgan fingerprint density at radius 2 is 2.05 bits per heavy atom. The summed E-state index contributed by atoms with van der Waals surface area (Å²) in [5.41, 5.74) is 1.51. The number of carbonyl (C=O) groups is 2. The Hall–Kier alpha value is -1.85. The van der Waals surface area contributed by atoms with E-state index in [0.717, 1.165) is 25.0 Å². The van der Waals surface area contributed by atoms with Gasteiger partial charge in [-0.1, -0.05) is 19.8 Å². The molecular formula is C14H21N3O3. The number of nitrogens with zero attached hydrogens (tertiary/aromatic N) is 2. The van der Waals surface area contributed by atoms with Crippen LogP contribution in [0, 0.1) is 11.8 Å². The molecule has 110 valence electrons. The maximum atomic E-state index is 12.3. The predicted octanol–water partition coefficient (Wildman–Crippen LogP) is 1.81. The minimum Gasteiger partial charge on any atom is -0.481 e. The van der Waals surface area contributed by atoms with Gasteiger partial charge in [-0.2, -0.15) is 5.10 Å². The molecule has 1 fully saturated rings. The van der Waals surface area contributed by atoms with E-state index in [0.29, 0.717) is 18.5 Å². The average molecular weight is 279 g/mol. The maximum Gasteiger partial charge on any atom is 0.307 e. The third kappa shape index (κ3) is 3.00. The number of nitrogens with one attached hydrogen (secondary N) is 1. The molecule has 0 unspecified atom stereocenters. The Bertz CT molecular complexity index is 510.